The van der Waals surface area contributed by atoms with Gasteiger partial charge in [-0.05, 0) is 51.0 Å². The van der Waals surface area contributed by atoms with Crippen LogP contribution in [-0.2, 0) is 4.74 Å². The number of carbonyl (C=O) groups is 1. The van der Waals surface area contributed by atoms with Crippen molar-refractivity contribution < 1.29 is 29.0 Å². The first kappa shape index (κ1) is 25.3. The molecular formula is C25H32N2O7. The van der Waals surface area contributed by atoms with Gasteiger partial charge in [0, 0.05) is 24.9 Å². The number of aliphatic hydroxyl groups is 1. The number of aliphatic hydroxyl groups excluding tert-OH is 1. The van der Waals surface area contributed by atoms with Crippen LogP contribution in [0.1, 0.15) is 45.1 Å². The highest BCUT2D eigenvalue weighted by molar-refractivity contribution is 5.68. The number of hydrogen-bond acceptors (Lipinski definition) is 7. The molecule has 0 spiro atoms. The molecule has 0 bridgehead atoms. The summed E-state index contributed by atoms with van der Waals surface area (Å²) in [6.07, 6.45) is 0.131. The number of para-hydroxylation sites is 2. The van der Waals surface area contributed by atoms with Crippen LogP contribution >= 0.6 is 0 Å². The van der Waals surface area contributed by atoms with E-state index in [4.69, 9.17) is 14.2 Å². The Hall–Kier alpha value is -3.33. The molecule has 34 heavy (non-hydrogen) atoms. The normalized spacial score (nSPS) is 18.3. The maximum absolute atomic E-state index is 12.3. The highest BCUT2D eigenvalue weighted by atomic mass is 16.6. The largest absolute Gasteiger partial charge is 0.493 e. The van der Waals surface area contributed by atoms with Gasteiger partial charge in [-0.25, -0.2) is 4.79 Å². The third-order valence-electron chi connectivity index (χ3n) is 5.42. The molecule has 0 aliphatic carbocycles. The standard InChI is InChI=1S/C25H32N2O7/c1-25(2,3)34-24(29)26-14-13-20(22(28)17-26)18-9-11-19(12-10-18)32-15-6-16-33-23-8-5-4-7-21(23)27(30)31/h4-5,7-12,20,22,28H,6,13-17H2,1-3H3. The lowest BCUT2D eigenvalue weighted by molar-refractivity contribution is -0.385. The molecule has 9 nitrogen and oxygen atoms in total. The van der Waals surface area contributed by atoms with E-state index in [9.17, 15) is 20.0 Å². The molecule has 1 saturated heterocycles. The predicted octanol–water partition coefficient (Wildman–Crippen LogP) is 4.53. The van der Waals surface area contributed by atoms with Crippen LogP contribution in [0.2, 0.25) is 0 Å². The summed E-state index contributed by atoms with van der Waals surface area (Å²) in [6, 6.07) is 13.8. The van der Waals surface area contributed by atoms with Crippen molar-refractivity contribution in [3.63, 3.8) is 0 Å². The monoisotopic (exact) mass is 472 g/mol. The second kappa shape index (κ2) is 11.2. The number of amides is 1. The zero-order valence-corrected chi connectivity index (χ0v) is 19.8. The van der Waals surface area contributed by atoms with E-state index in [2.05, 4.69) is 0 Å². The van der Waals surface area contributed by atoms with Gasteiger partial charge in [-0.15, -0.1) is 0 Å². The average Bonchev–Trinajstić information content (AvgIpc) is 2.78. The summed E-state index contributed by atoms with van der Waals surface area (Å²) < 4.78 is 16.7. The van der Waals surface area contributed by atoms with Crippen molar-refractivity contribution in [2.24, 2.45) is 0 Å². The third-order valence-corrected chi connectivity index (χ3v) is 5.42. The lowest BCUT2D eigenvalue weighted by Gasteiger charge is -2.36. The zero-order chi connectivity index (χ0) is 24.7. The topological polar surface area (TPSA) is 111 Å². The maximum Gasteiger partial charge on any atom is 0.410 e. The molecule has 2 aromatic carbocycles. The van der Waals surface area contributed by atoms with Crippen LogP contribution in [0.3, 0.4) is 0 Å². The van der Waals surface area contributed by atoms with E-state index in [-0.39, 0.29) is 23.9 Å². The van der Waals surface area contributed by atoms with E-state index in [0.717, 1.165) is 5.56 Å². The Labute approximate surface area is 199 Å². The van der Waals surface area contributed by atoms with Crippen LogP contribution in [-0.4, -0.2) is 59.0 Å². The molecular weight excluding hydrogens is 440 g/mol. The Balaban J connectivity index is 1.43. The number of β-amino-alcohol motifs (C(OH)–C–C–N with tert-alkyl or cyclic N) is 1. The highest BCUT2D eigenvalue weighted by Gasteiger charge is 2.33. The Morgan fingerprint density at radius 2 is 1.79 bits per heavy atom. The summed E-state index contributed by atoms with van der Waals surface area (Å²) in [5, 5.41) is 21.6. The van der Waals surface area contributed by atoms with Gasteiger partial charge in [-0.2, -0.15) is 0 Å². The zero-order valence-electron chi connectivity index (χ0n) is 19.8. The first-order valence-corrected chi connectivity index (χ1v) is 11.4. The van der Waals surface area contributed by atoms with Crippen LogP contribution in [0.5, 0.6) is 11.5 Å². The highest BCUT2D eigenvalue weighted by Crippen LogP contribution is 2.30. The summed E-state index contributed by atoms with van der Waals surface area (Å²) in [5.41, 5.74) is 0.363. The Bertz CT molecular complexity index is 972. The fourth-order valence-corrected chi connectivity index (χ4v) is 3.79. The number of nitrogens with zero attached hydrogens (tertiary/aromatic N) is 2. The van der Waals surface area contributed by atoms with Crippen molar-refractivity contribution in [1.82, 2.24) is 4.90 Å². The van der Waals surface area contributed by atoms with Gasteiger partial charge in [0.15, 0.2) is 5.75 Å². The van der Waals surface area contributed by atoms with Crippen LogP contribution in [0.25, 0.3) is 0 Å². The first-order valence-electron chi connectivity index (χ1n) is 11.4. The molecule has 2 unspecified atom stereocenters. The van der Waals surface area contributed by atoms with E-state index < -0.39 is 22.7 Å². The average molecular weight is 473 g/mol. The molecule has 2 aromatic rings. The lowest BCUT2D eigenvalue weighted by Crippen LogP contribution is -2.47. The number of likely N-dealkylation sites (tertiary alicyclic amines) is 1. The molecule has 1 N–H and O–H groups in total. The van der Waals surface area contributed by atoms with Gasteiger partial charge in [-0.1, -0.05) is 24.3 Å². The number of rotatable bonds is 8. The van der Waals surface area contributed by atoms with E-state index in [1.54, 1.807) is 23.1 Å². The number of benzene rings is 2. The van der Waals surface area contributed by atoms with Gasteiger partial charge in [0.05, 0.1) is 30.8 Å². The Morgan fingerprint density at radius 1 is 1.12 bits per heavy atom. The molecule has 1 aliphatic heterocycles. The SMILES string of the molecule is CC(C)(C)OC(=O)N1CCC(c2ccc(OCCCOc3ccccc3[N+](=O)[O-])cc2)C(O)C1. The number of carbonyl (C=O) groups excluding carboxylic acids is 1. The number of ether oxygens (including phenoxy) is 3. The van der Waals surface area contributed by atoms with Gasteiger partial charge in [-0.3, -0.25) is 10.1 Å². The molecule has 1 heterocycles. The summed E-state index contributed by atoms with van der Waals surface area (Å²) in [5.74, 6) is 0.867. The number of nitro groups is 1. The fourth-order valence-electron chi connectivity index (χ4n) is 3.79. The summed E-state index contributed by atoms with van der Waals surface area (Å²) in [6.45, 7) is 6.91. The van der Waals surface area contributed by atoms with Gasteiger partial charge in [0.2, 0.25) is 0 Å². The van der Waals surface area contributed by atoms with Crippen LogP contribution in [0, 0.1) is 10.1 Å². The van der Waals surface area contributed by atoms with E-state index in [1.807, 2.05) is 45.0 Å². The van der Waals surface area contributed by atoms with Crippen molar-refractivity contribution in [2.45, 2.75) is 51.2 Å². The number of piperidine rings is 1. The van der Waals surface area contributed by atoms with Gasteiger partial charge >= 0.3 is 11.8 Å². The summed E-state index contributed by atoms with van der Waals surface area (Å²) in [4.78, 5) is 24.4. The number of nitro benzene ring substituents is 1. The maximum atomic E-state index is 12.3. The first-order chi connectivity index (χ1) is 16.1. The molecule has 184 valence electrons. The molecule has 1 amide bonds. The van der Waals surface area contributed by atoms with Crippen LogP contribution in [0.15, 0.2) is 48.5 Å². The molecule has 0 aromatic heterocycles. The van der Waals surface area contributed by atoms with Crippen molar-refractivity contribution in [1.29, 1.82) is 0 Å². The van der Waals surface area contributed by atoms with Gasteiger partial charge in [0.1, 0.15) is 11.4 Å². The van der Waals surface area contributed by atoms with Crippen molar-refractivity contribution in [3.05, 3.63) is 64.2 Å². The summed E-state index contributed by atoms with van der Waals surface area (Å²) in [7, 11) is 0. The summed E-state index contributed by atoms with van der Waals surface area (Å²) >= 11 is 0. The Kier molecular flexibility index (Phi) is 8.33. The van der Waals surface area contributed by atoms with Crippen molar-refractivity contribution >= 4 is 11.8 Å². The molecule has 9 heteroatoms. The molecule has 3 rings (SSSR count). The van der Waals surface area contributed by atoms with E-state index in [0.29, 0.717) is 38.3 Å². The van der Waals surface area contributed by atoms with Crippen LogP contribution < -0.4 is 9.47 Å². The van der Waals surface area contributed by atoms with Crippen molar-refractivity contribution in [3.8, 4) is 11.5 Å². The number of hydrogen-bond donors (Lipinski definition) is 1. The van der Waals surface area contributed by atoms with Gasteiger partial charge in [0.25, 0.3) is 0 Å². The molecule has 0 saturated carbocycles. The quantitative estimate of drug-likeness (QED) is 0.341. The third kappa shape index (κ3) is 7.08. The molecule has 1 fully saturated rings. The molecule has 0 radical (unpaired) electrons. The minimum absolute atomic E-state index is 0.0573. The smallest absolute Gasteiger partial charge is 0.410 e. The van der Waals surface area contributed by atoms with E-state index in [1.165, 1.54) is 6.07 Å². The van der Waals surface area contributed by atoms with Crippen molar-refractivity contribution in [2.75, 3.05) is 26.3 Å². The predicted molar refractivity (Wildman–Crippen MR) is 126 cm³/mol. The minimum atomic E-state index is -0.674. The second-order valence-electron chi connectivity index (χ2n) is 9.23. The fraction of sp³-hybridized carbons (Fsp3) is 0.480. The lowest BCUT2D eigenvalue weighted by atomic mass is 9.87. The molecule has 1 aliphatic rings. The van der Waals surface area contributed by atoms with Gasteiger partial charge < -0.3 is 24.2 Å². The molecule has 2 atom stereocenters. The van der Waals surface area contributed by atoms with E-state index >= 15 is 0 Å². The van der Waals surface area contributed by atoms with Crippen LogP contribution in [0.4, 0.5) is 10.5 Å². The minimum Gasteiger partial charge on any atom is -0.493 e. The second-order valence-corrected chi connectivity index (χ2v) is 9.23. The Morgan fingerprint density at radius 3 is 2.44 bits per heavy atom.